The lowest BCUT2D eigenvalue weighted by Crippen LogP contribution is -2.24. The van der Waals surface area contributed by atoms with E-state index in [1.165, 1.54) is 17.8 Å². The van der Waals surface area contributed by atoms with Crippen molar-refractivity contribution >= 4 is 29.8 Å². The number of carbonyl (C=O) groups is 1. The molecule has 0 aliphatic rings. The Morgan fingerprint density at radius 3 is 2.81 bits per heavy atom. The zero-order valence-corrected chi connectivity index (χ0v) is 15.6. The minimum Gasteiger partial charge on any atom is -0.351 e. The van der Waals surface area contributed by atoms with Gasteiger partial charge in [-0.3, -0.25) is 9.89 Å². The van der Waals surface area contributed by atoms with E-state index in [4.69, 9.17) is 0 Å². The summed E-state index contributed by atoms with van der Waals surface area (Å²) in [6.45, 7) is 2.06. The third-order valence-corrected chi connectivity index (χ3v) is 4.61. The Morgan fingerprint density at radius 2 is 2.04 bits per heavy atom. The minimum absolute atomic E-state index is 0.131. The summed E-state index contributed by atoms with van der Waals surface area (Å²) in [5.74, 6) is 0.457. The molecule has 1 heterocycles. The highest BCUT2D eigenvalue weighted by Crippen LogP contribution is 2.14. The highest BCUT2D eigenvalue weighted by molar-refractivity contribution is 7.99. The maximum Gasteiger partial charge on any atom is 0.230 e. The van der Waals surface area contributed by atoms with Crippen molar-refractivity contribution in [1.29, 1.82) is 0 Å². The number of thioether (sulfide) groups is 1. The van der Waals surface area contributed by atoms with Gasteiger partial charge >= 0.3 is 0 Å². The SMILES string of the molecule is Cc1cc(CNC(=O)CSc2n[nH]c(/C=C/c3ccccc3)n2)ccc1F. The number of benzene rings is 2. The number of H-pyrrole nitrogens is 1. The van der Waals surface area contributed by atoms with Crippen LogP contribution in [0.25, 0.3) is 12.2 Å². The van der Waals surface area contributed by atoms with Crippen LogP contribution in [-0.4, -0.2) is 26.8 Å². The number of aromatic nitrogens is 3. The van der Waals surface area contributed by atoms with Crippen molar-refractivity contribution in [1.82, 2.24) is 20.5 Å². The van der Waals surface area contributed by atoms with Crippen LogP contribution >= 0.6 is 11.8 Å². The highest BCUT2D eigenvalue weighted by Gasteiger charge is 2.07. The fraction of sp³-hybridized carbons (Fsp3) is 0.150. The summed E-state index contributed by atoms with van der Waals surface area (Å²) in [5, 5.41) is 10.2. The molecule has 7 heteroatoms. The quantitative estimate of drug-likeness (QED) is 0.609. The van der Waals surface area contributed by atoms with Crippen molar-refractivity contribution in [3.8, 4) is 0 Å². The Labute approximate surface area is 161 Å². The van der Waals surface area contributed by atoms with E-state index < -0.39 is 0 Å². The van der Waals surface area contributed by atoms with Crippen LogP contribution < -0.4 is 5.32 Å². The summed E-state index contributed by atoms with van der Waals surface area (Å²) in [4.78, 5) is 16.3. The Morgan fingerprint density at radius 1 is 1.22 bits per heavy atom. The van der Waals surface area contributed by atoms with Crippen LogP contribution in [0.5, 0.6) is 0 Å². The lowest BCUT2D eigenvalue weighted by molar-refractivity contribution is -0.118. The number of nitrogens with zero attached hydrogens (tertiary/aromatic N) is 2. The van der Waals surface area contributed by atoms with Gasteiger partial charge in [-0.25, -0.2) is 9.37 Å². The summed E-state index contributed by atoms with van der Waals surface area (Å²) in [5.41, 5.74) is 2.49. The number of rotatable bonds is 7. The van der Waals surface area contributed by atoms with Crippen LogP contribution in [-0.2, 0) is 11.3 Å². The van der Waals surface area contributed by atoms with Crippen LogP contribution in [0.4, 0.5) is 4.39 Å². The lowest BCUT2D eigenvalue weighted by atomic mass is 10.1. The Kier molecular flexibility index (Phi) is 6.38. The Bertz CT molecular complexity index is 940. The molecule has 3 aromatic rings. The predicted molar refractivity (Wildman–Crippen MR) is 105 cm³/mol. The Hall–Kier alpha value is -2.93. The fourth-order valence-corrected chi connectivity index (χ4v) is 2.97. The first-order valence-electron chi connectivity index (χ1n) is 8.40. The second-order valence-electron chi connectivity index (χ2n) is 5.90. The molecular formula is C20H19FN4OS. The molecule has 0 unspecified atom stereocenters. The second kappa shape index (κ2) is 9.14. The summed E-state index contributed by atoms with van der Waals surface area (Å²) < 4.78 is 13.2. The molecule has 3 rings (SSSR count). The molecule has 0 aliphatic heterocycles. The molecule has 0 fully saturated rings. The van der Waals surface area contributed by atoms with Crippen molar-refractivity contribution in [3.63, 3.8) is 0 Å². The summed E-state index contributed by atoms with van der Waals surface area (Å²) in [6.07, 6.45) is 3.77. The zero-order valence-electron chi connectivity index (χ0n) is 14.8. The van der Waals surface area contributed by atoms with Crippen LogP contribution in [0.3, 0.4) is 0 Å². The number of aromatic amines is 1. The monoisotopic (exact) mass is 382 g/mol. The minimum atomic E-state index is -0.248. The molecule has 0 atom stereocenters. The first-order chi connectivity index (χ1) is 13.1. The summed E-state index contributed by atoms with van der Waals surface area (Å²) in [7, 11) is 0. The number of aryl methyl sites for hydroxylation is 1. The van der Waals surface area contributed by atoms with E-state index in [1.54, 1.807) is 19.1 Å². The molecule has 2 N–H and O–H groups in total. The molecule has 0 saturated heterocycles. The van der Waals surface area contributed by atoms with Gasteiger partial charge in [0, 0.05) is 6.54 Å². The van der Waals surface area contributed by atoms with Crippen LogP contribution in [0.15, 0.2) is 53.7 Å². The second-order valence-corrected chi connectivity index (χ2v) is 6.84. The van der Waals surface area contributed by atoms with Gasteiger partial charge in [-0.2, -0.15) is 0 Å². The molecule has 0 aliphatic carbocycles. The van der Waals surface area contributed by atoms with Gasteiger partial charge in [-0.1, -0.05) is 60.3 Å². The average Bonchev–Trinajstić information content (AvgIpc) is 3.14. The number of halogens is 1. The normalized spacial score (nSPS) is 11.0. The summed E-state index contributed by atoms with van der Waals surface area (Å²) in [6, 6.07) is 14.7. The number of nitrogens with one attached hydrogen (secondary N) is 2. The van der Waals surface area contributed by atoms with Gasteiger partial charge in [0.25, 0.3) is 0 Å². The molecule has 5 nitrogen and oxygen atoms in total. The van der Waals surface area contributed by atoms with E-state index in [-0.39, 0.29) is 17.5 Å². The van der Waals surface area contributed by atoms with Gasteiger partial charge in [0.1, 0.15) is 11.6 Å². The molecular weight excluding hydrogens is 363 g/mol. The van der Waals surface area contributed by atoms with Crippen LogP contribution in [0.2, 0.25) is 0 Å². The zero-order chi connectivity index (χ0) is 19.1. The van der Waals surface area contributed by atoms with Crippen molar-refractivity contribution < 1.29 is 9.18 Å². The molecule has 1 aromatic heterocycles. The number of amides is 1. The van der Waals surface area contributed by atoms with E-state index >= 15 is 0 Å². The maximum absolute atomic E-state index is 13.2. The van der Waals surface area contributed by atoms with Crippen molar-refractivity contribution in [3.05, 3.63) is 76.9 Å². The number of hydrogen-bond donors (Lipinski definition) is 2. The van der Waals surface area contributed by atoms with E-state index in [1.807, 2.05) is 42.5 Å². The van der Waals surface area contributed by atoms with Gasteiger partial charge in [0.05, 0.1) is 5.75 Å². The molecule has 0 radical (unpaired) electrons. The van der Waals surface area contributed by atoms with Crippen molar-refractivity contribution in [2.24, 2.45) is 0 Å². The summed E-state index contributed by atoms with van der Waals surface area (Å²) >= 11 is 1.25. The number of carbonyl (C=O) groups excluding carboxylic acids is 1. The van der Waals surface area contributed by atoms with Crippen LogP contribution in [0, 0.1) is 12.7 Å². The van der Waals surface area contributed by atoms with Crippen molar-refractivity contribution in [2.45, 2.75) is 18.6 Å². The number of hydrogen-bond acceptors (Lipinski definition) is 4. The Balaban J connectivity index is 1.45. The largest absolute Gasteiger partial charge is 0.351 e. The van der Waals surface area contributed by atoms with Gasteiger partial charge in [0.15, 0.2) is 0 Å². The van der Waals surface area contributed by atoms with Gasteiger partial charge in [0.2, 0.25) is 11.1 Å². The van der Waals surface area contributed by atoms with Gasteiger partial charge < -0.3 is 5.32 Å². The first-order valence-corrected chi connectivity index (χ1v) is 9.39. The molecule has 0 bridgehead atoms. The topological polar surface area (TPSA) is 70.7 Å². The fourth-order valence-electron chi connectivity index (χ4n) is 2.34. The van der Waals surface area contributed by atoms with E-state index in [2.05, 4.69) is 20.5 Å². The third-order valence-electron chi connectivity index (χ3n) is 3.76. The average molecular weight is 382 g/mol. The molecule has 1 amide bonds. The predicted octanol–water partition coefficient (Wildman–Crippen LogP) is 3.83. The highest BCUT2D eigenvalue weighted by atomic mass is 32.2. The first kappa shape index (κ1) is 18.8. The third kappa shape index (κ3) is 5.79. The lowest BCUT2D eigenvalue weighted by Gasteiger charge is -2.05. The van der Waals surface area contributed by atoms with E-state index in [9.17, 15) is 9.18 Å². The van der Waals surface area contributed by atoms with Gasteiger partial charge in [-0.05, 0) is 35.8 Å². The molecule has 2 aromatic carbocycles. The van der Waals surface area contributed by atoms with Gasteiger partial charge in [-0.15, -0.1) is 5.10 Å². The smallest absolute Gasteiger partial charge is 0.230 e. The van der Waals surface area contributed by atoms with Crippen molar-refractivity contribution in [2.75, 3.05) is 5.75 Å². The van der Waals surface area contributed by atoms with E-state index in [0.29, 0.717) is 23.1 Å². The molecule has 0 spiro atoms. The molecule has 27 heavy (non-hydrogen) atoms. The maximum atomic E-state index is 13.2. The molecule has 138 valence electrons. The molecule has 0 saturated carbocycles. The van der Waals surface area contributed by atoms with Crippen LogP contribution in [0.1, 0.15) is 22.5 Å². The van der Waals surface area contributed by atoms with E-state index in [0.717, 1.165) is 11.1 Å². The standard InChI is InChI=1S/C20H19FN4OS/c1-14-11-16(7-9-17(14)21)12-22-19(26)13-27-20-23-18(24-25-20)10-8-15-5-3-2-4-6-15/h2-11H,12-13H2,1H3,(H,22,26)(H,23,24,25)/b10-8+.